The maximum Gasteiger partial charge on any atom is 0.469 e. The van der Waals surface area contributed by atoms with Gasteiger partial charge >= 0.3 is 13.8 Å². The Labute approximate surface area is 207 Å². The lowest BCUT2D eigenvalue weighted by atomic mass is 9.86. The van der Waals surface area contributed by atoms with Gasteiger partial charge in [-0.15, -0.1) is 0 Å². The quantitative estimate of drug-likeness (QED) is 0.108. The third-order valence-electron chi connectivity index (χ3n) is 6.50. The summed E-state index contributed by atoms with van der Waals surface area (Å²) in [4.78, 5) is 30.6. The van der Waals surface area contributed by atoms with Gasteiger partial charge in [-0.05, 0) is 44.2 Å². The molecule has 6 N–H and O–H groups in total. The van der Waals surface area contributed by atoms with Crippen molar-refractivity contribution < 1.29 is 38.6 Å². The van der Waals surface area contributed by atoms with E-state index in [2.05, 4.69) is 6.08 Å². The average Bonchev–Trinajstić information content (AvgIpc) is 2.80. The second-order valence-electron chi connectivity index (χ2n) is 9.28. The lowest BCUT2D eigenvalue weighted by Crippen LogP contribution is -2.45. The number of carbonyl (C=O) groups is 1. The summed E-state index contributed by atoms with van der Waals surface area (Å²) < 4.78 is 21.9. The third-order valence-corrected chi connectivity index (χ3v) is 7.03. The van der Waals surface area contributed by atoms with Gasteiger partial charge in [0, 0.05) is 18.4 Å². The van der Waals surface area contributed by atoms with Crippen LogP contribution >= 0.6 is 7.82 Å². The van der Waals surface area contributed by atoms with Crippen molar-refractivity contribution in [2.45, 2.75) is 82.2 Å². The molecule has 0 aromatic rings. The van der Waals surface area contributed by atoms with E-state index in [1.54, 1.807) is 12.2 Å². The van der Waals surface area contributed by atoms with Gasteiger partial charge in [-0.2, -0.15) is 0 Å². The zero-order valence-electron chi connectivity index (χ0n) is 20.3. The molecule has 1 aliphatic carbocycles. The van der Waals surface area contributed by atoms with Crippen molar-refractivity contribution in [3.63, 3.8) is 0 Å². The van der Waals surface area contributed by atoms with Gasteiger partial charge in [0.15, 0.2) is 0 Å². The van der Waals surface area contributed by atoms with E-state index in [1.165, 1.54) is 43.6 Å². The summed E-state index contributed by atoms with van der Waals surface area (Å²) >= 11 is 0. The first-order valence-corrected chi connectivity index (χ1v) is 13.9. The van der Waals surface area contributed by atoms with Crippen LogP contribution in [0.5, 0.6) is 0 Å². The fourth-order valence-electron chi connectivity index (χ4n) is 4.51. The molecule has 5 unspecified atom stereocenters. The normalized spacial score (nSPS) is 25.8. The van der Waals surface area contributed by atoms with Crippen molar-refractivity contribution in [3.8, 4) is 0 Å². The molecule has 0 aromatic heterocycles. The fraction of sp³-hybridized carbons (Fsp3) is 0.640. The maximum absolute atomic E-state index is 11.7. The Morgan fingerprint density at radius 3 is 2.60 bits per heavy atom. The Bertz CT molecular complexity index is 829. The summed E-state index contributed by atoms with van der Waals surface area (Å²) in [6, 6.07) is 0. The lowest BCUT2D eigenvalue weighted by molar-refractivity contribution is -0.143. The molecule has 0 amide bonds. The topological polar surface area (TPSA) is 160 Å². The molecule has 0 bridgehead atoms. The van der Waals surface area contributed by atoms with Crippen LogP contribution in [0.1, 0.15) is 58.3 Å². The van der Waals surface area contributed by atoms with E-state index in [1.807, 2.05) is 13.0 Å². The predicted molar refractivity (Wildman–Crippen MR) is 133 cm³/mol. The van der Waals surface area contributed by atoms with Crippen molar-refractivity contribution in [1.82, 2.24) is 0 Å². The standard InChI is InChI=1S/C25H40NO8P/c1-2-20-12-13-24(28)33-22(20)14-15-25(29,16-17-26)23(34-35(30,31)32)18-21(27)11-7-6-10-19-8-4-3-5-9-19/h6-7,10-15,19-23,27,29H,2-5,8-9,16-18,26H2,1H3,(H2,30,31,32). The number of allylic oxidation sites excluding steroid dienone is 3. The minimum Gasteiger partial charge on any atom is -0.454 e. The molecule has 1 heterocycles. The zero-order chi connectivity index (χ0) is 25.9. The molecule has 1 aliphatic heterocycles. The monoisotopic (exact) mass is 513 g/mol. The number of cyclic esters (lactones) is 1. The summed E-state index contributed by atoms with van der Waals surface area (Å²) in [5.74, 6) is -0.111. The summed E-state index contributed by atoms with van der Waals surface area (Å²) in [7, 11) is -5.01. The van der Waals surface area contributed by atoms with Gasteiger partial charge in [0.25, 0.3) is 0 Å². The number of esters is 1. The number of hydrogen-bond acceptors (Lipinski definition) is 7. The summed E-state index contributed by atoms with van der Waals surface area (Å²) in [6.07, 6.45) is 16.0. The van der Waals surface area contributed by atoms with Gasteiger partial charge in [-0.3, -0.25) is 4.52 Å². The number of ether oxygens (including phenoxy) is 1. The number of carbonyl (C=O) groups excluding carboxylic acids is 1. The number of nitrogens with two attached hydrogens (primary N) is 1. The smallest absolute Gasteiger partial charge is 0.454 e. The van der Waals surface area contributed by atoms with Crippen LogP contribution in [-0.2, 0) is 18.6 Å². The van der Waals surface area contributed by atoms with Crippen LogP contribution in [0.4, 0.5) is 0 Å². The van der Waals surface area contributed by atoms with Crippen molar-refractivity contribution in [2.24, 2.45) is 17.6 Å². The van der Waals surface area contributed by atoms with Crippen LogP contribution in [0.3, 0.4) is 0 Å². The molecule has 9 nitrogen and oxygen atoms in total. The van der Waals surface area contributed by atoms with Gasteiger partial charge in [0.05, 0.1) is 6.10 Å². The van der Waals surface area contributed by atoms with Crippen molar-refractivity contribution in [2.75, 3.05) is 6.54 Å². The molecule has 10 heteroatoms. The van der Waals surface area contributed by atoms with E-state index in [9.17, 15) is 29.4 Å². The van der Waals surface area contributed by atoms with Gasteiger partial charge in [0.1, 0.15) is 17.8 Å². The van der Waals surface area contributed by atoms with Gasteiger partial charge in [0.2, 0.25) is 0 Å². The van der Waals surface area contributed by atoms with E-state index >= 15 is 0 Å². The van der Waals surface area contributed by atoms with Gasteiger partial charge < -0.3 is 30.5 Å². The summed E-state index contributed by atoms with van der Waals surface area (Å²) in [6.45, 7) is 1.91. The van der Waals surface area contributed by atoms with Crippen molar-refractivity contribution in [1.29, 1.82) is 0 Å². The minimum absolute atomic E-state index is 0.0144. The summed E-state index contributed by atoms with van der Waals surface area (Å²) in [5.41, 5.74) is 3.75. The van der Waals surface area contributed by atoms with Crippen LogP contribution in [0.2, 0.25) is 0 Å². The van der Waals surface area contributed by atoms with Crippen molar-refractivity contribution in [3.05, 3.63) is 48.6 Å². The van der Waals surface area contributed by atoms with Gasteiger partial charge in [-0.1, -0.05) is 62.6 Å². The van der Waals surface area contributed by atoms with Crippen molar-refractivity contribution >= 4 is 13.8 Å². The Hall–Kier alpha value is -1.58. The highest BCUT2D eigenvalue weighted by atomic mass is 31.2. The Morgan fingerprint density at radius 2 is 1.97 bits per heavy atom. The van der Waals surface area contributed by atoms with Crippen LogP contribution < -0.4 is 5.73 Å². The first kappa shape index (κ1) is 29.6. The van der Waals surface area contributed by atoms with Crippen LogP contribution in [0, 0.1) is 11.8 Å². The Kier molecular flexibility index (Phi) is 12.1. The van der Waals surface area contributed by atoms with E-state index < -0.39 is 37.7 Å². The highest BCUT2D eigenvalue weighted by Gasteiger charge is 2.40. The molecule has 35 heavy (non-hydrogen) atoms. The molecule has 198 valence electrons. The van der Waals surface area contributed by atoms with E-state index in [4.69, 9.17) is 15.0 Å². The molecule has 5 atom stereocenters. The SMILES string of the molecule is CCC1C=CC(=O)OC1C=CC(O)(CCN)C(CC(O)C=CC=CC1CCCCC1)OP(=O)(O)O. The first-order chi connectivity index (χ1) is 16.6. The molecule has 2 aliphatic rings. The molecule has 0 aromatic carbocycles. The second kappa shape index (κ2) is 14.2. The predicted octanol–water partition coefficient (Wildman–Crippen LogP) is 3.05. The minimum atomic E-state index is -5.01. The van der Waals surface area contributed by atoms with Gasteiger partial charge in [-0.25, -0.2) is 9.36 Å². The van der Waals surface area contributed by atoms with E-state index in [-0.39, 0.29) is 25.3 Å². The average molecular weight is 514 g/mol. The fourth-order valence-corrected chi connectivity index (χ4v) is 5.11. The molecule has 1 saturated carbocycles. The van der Waals surface area contributed by atoms with E-state index in [0.717, 1.165) is 12.8 Å². The summed E-state index contributed by atoms with van der Waals surface area (Å²) in [5, 5.41) is 21.9. The highest BCUT2D eigenvalue weighted by Crippen LogP contribution is 2.42. The molecule has 1 fully saturated rings. The largest absolute Gasteiger partial charge is 0.469 e. The maximum atomic E-state index is 11.7. The number of aliphatic hydroxyl groups excluding tert-OH is 1. The zero-order valence-corrected chi connectivity index (χ0v) is 21.2. The Morgan fingerprint density at radius 1 is 1.26 bits per heavy atom. The number of rotatable bonds is 13. The third kappa shape index (κ3) is 10.5. The molecular weight excluding hydrogens is 473 g/mol. The van der Waals surface area contributed by atoms with E-state index in [0.29, 0.717) is 12.3 Å². The Balaban J connectivity index is 2.16. The van der Waals surface area contributed by atoms with Crippen LogP contribution in [0.25, 0.3) is 0 Å². The molecular formula is C25H40NO8P. The lowest BCUT2D eigenvalue weighted by Gasteiger charge is -2.35. The number of phosphoric acid groups is 1. The van der Waals surface area contributed by atoms with Crippen LogP contribution in [-0.4, -0.2) is 56.4 Å². The molecule has 0 radical (unpaired) electrons. The number of hydrogen-bond donors (Lipinski definition) is 5. The second-order valence-corrected chi connectivity index (χ2v) is 10.5. The number of phosphoric ester groups is 1. The first-order valence-electron chi connectivity index (χ1n) is 12.3. The molecule has 2 rings (SSSR count). The highest BCUT2D eigenvalue weighted by molar-refractivity contribution is 7.46. The number of aliphatic hydroxyl groups is 2. The van der Waals surface area contributed by atoms with Crippen LogP contribution in [0.15, 0.2) is 48.6 Å². The molecule has 0 spiro atoms. The molecule has 0 saturated heterocycles.